The van der Waals surface area contributed by atoms with Crippen molar-refractivity contribution in [3.05, 3.63) is 29.8 Å². The summed E-state index contributed by atoms with van der Waals surface area (Å²) in [6.07, 6.45) is 1.40. The zero-order chi connectivity index (χ0) is 12.9. The van der Waals surface area contributed by atoms with E-state index in [2.05, 4.69) is 0 Å². The largest absolute Gasteiger partial charge is 0.513 e. The van der Waals surface area contributed by atoms with Crippen molar-refractivity contribution in [3.63, 3.8) is 0 Å². The van der Waals surface area contributed by atoms with Gasteiger partial charge in [0.25, 0.3) is 0 Å². The molecule has 0 saturated carbocycles. The number of hydrogen-bond donors (Lipinski definition) is 0. The summed E-state index contributed by atoms with van der Waals surface area (Å²) in [6.45, 7) is -5.17. The summed E-state index contributed by atoms with van der Waals surface area (Å²) >= 11 is 5.25. The molecule has 1 aromatic carbocycles. The molecule has 0 aliphatic carbocycles. The molecule has 17 heavy (non-hydrogen) atoms. The molecule has 0 N–H and O–H groups in total. The molecule has 1 aromatic rings. The van der Waals surface area contributed by atoms with Crippen LogP contribution in [0.15, 0.2) is 29.8 Å². The predicted octanol–water partition coefficient (Wildman–Crippen LogP) is 2.88. The average molecular weight is 265 g/mol. The molecule has 1 rings (SSSR count). The Balaban J connectivity index is 3.02. The molecular formula is C10H10BClF3O2-. The average Bonchev–Trinajstić information content (AvgIpc) is 2.28. The fourth-order valence-corrected chi connectivity index (χ4v) is 1.29. The lowest BCUT2D eigenvalue weighted by Crippen LogP contribution is -2.35. The molecule has 0 aromatic heterocycles. The van der Waals surface area contributed by atoms with Crippen LogP contribution in [0.3, 0.4) is 0 Å². The third-order valence-electron chi connectivity index (χ3n) is 1.99. The van der Waals surface area contributed by atoms with Crippen molar-refractivity contribution in [2.75, 3.05) is 13.7 Å². The van der Waals surface area contributed by atoms with E-state index in [9.17, 15) is 12.9 Å². The molecule has 0 atom stereocenters. The number of methoxy groups -OCH3 is 1. The van der Waals surface area contributed by atoms with Crippen molar-refractivity contribution in [3.8, 4) is 11.5 Å². The molecule has 0 aliphatic heterocycles. The van der Waals surface area contributed by atoms with Gasteiger partial charge >= 0.3 is 6.98 Å². The highest BCUT2D eigenvalue weighted by molar-refractivity contribution is 6.74. The van der Waals surface area contributed by atoms with Crippen molar-refractivity contribution in [2.24, 2.45) is 0 Å². The summed E-state index contributed by atoms with van der Waals surface area (Å²) in [5.74, 6) is -0.0903. The van der Waals surface area contributed by atoms with Crippen LogP contribution in [-0.2, 0) is 0 Å². The Kier molecular flexibility index (Phi) is 4.75. The van der Waals surface area contributed by atoms with E-state index in [1.165, 1.54) is 30.9 Å². The Bertz CT molecular complexity index is 407. The Hall–Kier alpha value is -1.30. The first-order valence-electron chi connectivity index (χ1n) is 4.75. The molecular weight excluding hydrogens is 255 g/mol. The fraction of sp³-hybridized carbons (Fsp3) is 0.200. The first-order valence-corrected chi connectivity index (χ1v) is 5.18. The van der Waals surface area contributed by atoms with E-state index < -0.39 is 12.4 Å². The predicted molar refractivity (Wildman–Crippen MR) is 62.2 cm³/mol. The summed E-state index contributed by atoms with van der Waals surface area (Å²) in [5, 5.41) is 0. The molecule has 2 nitrogen and oxygen atoms in total. The minimum absolute atomic E-state index is 0.0189. The van der Waals surface area contributed by atoms with Gasteiger partial charge in [0.1, 0.15) is 12.4 Å². The van der Waals surface area contributed by atoms with E-state index in [4.69, 9.17) is 21.1 Å². The van der Waals surface area contributed by atoms with Crippen LogP contribution in [0.2, 0.25) is 0 Å². The van der Waals surface area contributed by atoms with E-state index in [0.29, 0.717) is 0 Å². The summed E-state index contributed by atoms with van der Waals surface area (Å²) in [6, 6.07) is 3.55. The van der Waals surface area contributed by atoms with Gasteiger partial charge in [-0.15, -0.1) is 0 Å². The number of halogens is 4. The lowest BCUT2D eigenvalue weighted by molar-refractivity contribution is 0.361. The van der Waals surface area contributed by atoms with Crippen LogP contribution in [0.5, 0.6) is 11.5 Å². The molecule has 7 heteroatoms. The SMILES string of the molecule is COc1ccc(OC/C=C/Cl)c([B-](F)(F)F)c1. The fourth-order valence-electron chi connectivity index (χ4n) is 1.22. The number of hydrogen-bond acceptors (Lipinski definition) is 2. The smallest absolute Gasteiger partial charge is 0.497 e. The van der Waals surface area contributed by atoms with Crippen molar-refractivity contribution < 1.29 is 22.4 Å². The van der Waals surface area contributed by atoms with Crippen LogP contribution in [0, 0.1) is 0 Å². The highest BCUT2D eigenvalue weighted by Gasteiger charge is 2.29. The van der Waals surface area contributed by atoms with Crippen LogP contribution in [0.25, 0.3) is 0 Å². The first kappa shape index (κ1) is 13.8. The Labute approximate surface area is 102 Å². The Morgan fingerprint density at radius 3 is 2.59 bits per heavy atom. The standard InChI is InChI=1S/C10H10BClF3O2/c1-16-8-3-4-10(17-6-2-5-12)9(7-8)11(13,14)15/h2-5,7H,6H2,1H3/q-1/b5-2+. The zero-order valence-electron chi connectivity index (χ0n) is 9.00. The second kappa shape index (κ2) is 5.86. The first-order chi connectivity index (χ1) is 7.99. The third kappa shape index (κ3) is 3.89. The van der Waals surface area contributed by atoms with Crippen molar-refractivity contribution in [1.82, 2.24) is 0 Å². The van der Waals surface area contributed by atoms with E-state index in [-0.39, 0.29) is 18.1 Å². The quantitative estimate of drug-likeness (QED) is 0.762. The zero-order valence-corrected chi connectivity index (χ0v) is 9.76. The molecule has 0 unspecified atom stereocenters. The summed E-state index contributed by atoms with van der Waals surface area (Å²) < 4.78 is 48.0. The molecule has 0 saturated heterocycles. The van der Waals surface area contributed by atoms with Crippen LogP contribution in [0.4, 0.5) is 12.9 Å². The molecule has 0 heterocycles. The van der Waals surface area contributed by atoms with Crippen LogP contribution in [0.1, 0.15) is 0 Å². The van der Waals surface area contributed by atoms with Gasteiger partial charge in [0, 0.05) is 5.54 Å². The number of rotatable bonds is 5. The topological polar surface area (TPSA) is 18.5 Å². The van der Waals surface area contributed by atoms with Crippen molar-refractivity contribution in [2.45, 2.75) is 0 Å². The van der Waals surface area contributed by atoms with Gasteiger partial charge in [0.2, 0.25) is 0 Å². The van der Waals surface area contributed by atoms with E-state index in [0.717, 1.165) is 6.07 Å². The highest BCUT2D eigenvalue weighted by atomic mass is 35.5. The normalized spacial score (nSPS) is 11.8. The second-order valence-corrected chi connectivity index (χ2v) is 3.40. The Morgan fingerprint density at radius 2 is 2.06 bits per heavy atom. The van der Waals surface area contributed by atoms with Gasteiger partial charge in [-0.05, 0) is 24.3 Å². The van der Waals surface area contributed by atoms with E-state index in [1.54, 1.807) is 0 Å². The second-order valence-electron chi connectivity index (χ2n) is 3.15. The monoisotopic (exact) mass is 265 g/mol. The molecule has 0 spiro atoms. The van der Waals surface area contributed by atoms with Gasteiger partial charge < -0.3 is 22.4 Å². The van der Waals surface area contributed by atoms with Crippen LogP contribution in [-0.4, -0.2) is 20.7 Å². The van der Waals surface area contributed by atoms with Gasteiger partial charge in [0.05, 0.1) is 12.9 Å². The minimum atomic E-state index is -5.15. The van der Waals surface area contributed by atoms with Crippen LogP contribution < -0.4 is 14.9 Å². The third-order valence-corrected chi connectivity index (χ3v) is 2.17. The maximum absolute atomic E-state index is 12.8. The molecule has 0 radical (unpaired) electrons. The minimum Gasteiger partial charge on any atom is -0.497 e. The molecule has 0 amide bonds. The van der Waals surface area contributed by atoms with E-state index >= 15 is 0 Å². The summed E-state index contributed by atoms with van der Waals surface area (Å²) in [5.41, 5.74) is 0.370. The van der Waals surface area contributed by atoms with Gasteiger partial charge in [-0.3, -0.25) is 0 Å². The molecule has 94 valence electrons. The van der Waals surface area contributed by atoms with E-state index in [1.807, 2.05) is 0 Å². The summed E-state index contributed by atoms with van der Waals surface area (Å²) in [7, 11) is 1.30. The number of ether oxygens (including phenoxy) is 2. The van der Waals surface area contributed by atoms with Crippen molar-refractivity contribution in [1.29, 1.82) is 0 Å². The van der Waals surface area contributed by atoms with Crippen molar-refractivity contribution >= 4 is 24.0 Å². The maximum atomic E-state index is 12.8. The molecule has 0 fully saturated rings. The van der Waals surface area contributed by atoms with Crippen LogP contribution >= 0.6 is 11.6 Å². The highest BCUT2D eigenvalue weighted by Crippen LogP contribution is 2.22. The number of benzene rings is 1. The maximum Gasteiger partial charge on any atom is 0.513 e. The van der Waals surface area contributed by atoms with Gasteiger partial charge in [-0.2, -0.15) is 0 Å². The summed E-state index contributed by atoms with van der Waals surface area (Å²) in [4.78, 5) is 0. The lowest BCUT2D eigenvalue weighted by atomic mass is 9.79. The van der Waals surface area contributed by atoms with Gasteiger partial charge in [-0.1, -0.05) is 17.1 Å². The Morgan fingerprint density at radius 1 is 1.35 bits per heavy atom. The van der Waals surface area contributed by atoms with Gasteiger partial charge in [-0.25, -0.2) is 0 Å². The van der Waals surface area contributed by atoms with Gasteiger partial charge in [0.15, 0.2) is 0 Å². The molecule has 0 aliphatic rings. The molecule has 0 bridgehead atoms. The lowest BCUT2D eigenvalue weighted by Gasteiger charge is -2.20.